The Morgan fingerprint density at radius 3 is 2.65 bits per heavy atom. The molecule has 0 radical (unpaired) electrons. The van der Waals surface area contributed by atoms with E-state index >= 15 is 0 Å². The second-order valence-corrected chi connectivity index (χ2v) is 5.82. The molecule has 0 spiro atoms. The Hall–Kier alpha value is -3.15. The lowest BCUT2D eigenvalue weighted by atomic mass is 10.2. The van der Waals surface area contributed by atoms with Crippen LogP contribution >= 0.6 is 0 Å². The van der Waals surface area contributed by atoms with Crippen LogP contribution in [0.25, 0.3) is 11.0 Å². The minimum atomic E-state index is 0.399. The number of methoxy groups -OCH3 is 2. The van der Waals surface area contributed by atoms with Crippen molar-refractivity contribution in [1.82, 2.24) is 5.32 Å². The number of nitrogens with one attached hydrogen (secondary N) is 1. The number of aliphatic imine (C=N–C) groups is 1. The molecule has 3 N–H and O–H groups in total. The Labute approximate surface area is 152 Å². The molecule has 3 rings (SSSR count). The molecule has 6 heteroatoms. The van der Waals surface area contributed by atoms with Gasteiger partial charge in [0.05, 0.1) is 20.8 Å². The van der Waals surface area contributed by atoms with Gasteiger partial charge in [0.15, 0.2) is 17.5 Å². The molecular formula is C20H23N3O3. The SMILES string of the molecule is COc1ccc(CN=C(N)NCCc2cc3ccccc3o2)cc1OC. The van der Waals surface area contributed by atoms with Crippen molar-refractivity contribution in [3.8, 4) is 11.5 Å². The van der Waals surface area contributed by atoms with Gasteiger partial charge >= 0.3 is 0 Å². The van der Waals surface area contributed by atoms with Gasteiger partial charge in [0.25, 0.3) is 0 Å². The highest BCUT2D eigenvalue weighted by Crippen LogP contribution is 2.27. The molecule has 26 heavy (non-hydrogen) atoms. The molecule has 0 amide bonds. The van der Waals surface area contributed by atoms with Crippen LogP contribution in [0.4, 0.5) is 0 Å². The molecule has 0 unspecified atom stereocenters. The number of ether oxygens (including phenoxy) is 2. The summed E-state index contributed by atoms with van der Waals surface area (Å²) < 4.78 is 16.3. The molecule has 136 valence electrons. The highest BCUT2D eigenvalue weighted by atomic mass is 16.5. The van der Waals surface area contributed by atoms with Gasteiger partial charge in [-0.15, -0.1) is 0 Å². The topological polar surface area (TPSA) is 82.0 Å². The number of nitrogens with zero attached hydrogens (tertiary/aromatic N) is 1. The predicted octanol–water partition coefficient (Wildman–Crippen LogP) is 3.10. The van der Waals surface area contributed by atoms with Crippen LogP contribution in [-0.2, 0) is 13.0 Å². The fourth-order valence-corrected chi connectivity index (χ4v) is 2.69. The zero-order valence-electron chi connectivity index (χ0n) is 15.0. The zero-order valence-corrected chi connectivity index (χ0v) is 15.0. The maximum Gasteiger partial charge on any atom is 0.188 e. The molecule has 3 aromatic rings. The second kappa shape index (κ2) is 8.29. The van der Waals surface area contributed by atoms with Crippen molar-refractivity contribution in [2.75, 3.05) is 20.8 Å². The first kappa shape index (κ1) is 17.7. The number of guanidine groups is 1. The van der Waals surface area contributed by atoms with Crippen LogP contribution in [0.3, 0.4) is 0 Å². The van der Waals surface area contributed by atoms with Crippen molar-refractivity contribution in [2.45, 2.75) is 13.0 Å². The summed E-state index contributed by atoms with van der Waals surface area (Å²) in [6.45, 7) is 1.12. The minimum absolute atomic E-state index is 0.399. The molecule has 0 aliphatic heterocycles. The zero-order chi connectivity index (χ0) is 18.4. The van der Waals surface area contributed by atoms with Gasteiger partial charge in [-0.2, -0.15) is 0 Å². The van der Waals surface area contributed by atoms with E-state index < -0.39 is 0 Å². The van der Waals surface area contributed by atoms with Crippen LogP contribution < -0.4 is 20.5 Å². The van der Waals surface area contributed by atoms with Gasteiger partial charge in [-0.05, 0) is 29.8 Å². The van der Waals surface area contributed by atoms with Gasteiger partial charge < -0.3 is 24.9 Å². The fourth-order valence-electron chi connectivity index (χ4n) is 2.69. The lowest BCUT2D eigenvalue weighted by molar-refractivity contribution is 0.354. The Morgan fingerprint density at radius 2 is 1.88 bits per heavy atom. The Balaban J connectivity index is 1.52. The van der Waals surface area contributed by atoms with Gasteiger partial charge in [0.2, 0.25) is 0 Å². The Kier molecular flexibility index (Phi) is 5.63. The largest absolute Gasteiger partial charge is 0.493 e. The lowest BCUT2D eigenvalue weighted by Gasteiger charge is -2.09. The Morgan fingerprint density at radius 1 is 1.08 bits per heavy atom. The molecule has 0 aliphatic carbocycles. The van der Waals surface area contributed by atoms with E-state index in [4.69, 9.17) is 19.6 Å². The summed E-state index contributed by atoms with van der Waals surface area (Å²) >= 11 is 0. The highest BCUT2D eigenvalue weighted by molar-refractivity contribution is 5.78. The number of hydrogen-bond donors (Lipinski definition) is 2. The van der Waals surface area contributed by atoms with Crippen molar-refractivity contribution in [3.63, 3.8) is 0 Å². The van der Waals surface area contributed by atoms with E-state index in [1.54, 1.807) is 14.2 Å². The van der Waals surface area contributed by atoms with Crippen molar-refractivity contribution in [3.05, 3.63) is 59.9 Å². The molecule has 0 saturated carbocycles. The maximum atomic E-state index is 5.94. The summed E-state index contributed by atoms with van der Waals surface area (Å²) in [5.41, 5.74) is 7.83. The molecule has 1 aromatic heterocycles. The third-order valence-corrected chi connectivity index (χ3v) is 4.03. The highest BCUT2D eigenvalue weighted by Gasteiger charge is 2.05. The molecule has 0 saturated heterocycles. The van der Waals surface area contributed by atoms with Crippen LogP contribution in [-0.4, -0.2) is 26.7 Å². The monoisotopic (exact) mass is 353 g/mol. The molecule has 6 nitrogen and oxygen atoms in total. The second-order valence-electron chi connectivity index (χ2n) is 5.82. The third kappa shape index (κ3) is 4.27. The van der Waals surface area contributed by atoms with Crippen LogP contribution in [0.5, 0.6) is 11.5 Å². The van der Waals surface area contributed by atoms with E-state index in [0.717, 1.165) is 28.7 Å². The molecule has 2 aromatic carbocycles. The molecule has 1 heterocycles. The predicted molar refractivity (Wildman–Crippen MR) is 103 cm³/mol. The summed E-state index contributed by atoms with van der Waals surface area (Å²) in [7, 11) is 3.22. The fraction of sp³-hybridized carbons (Fsp3) is 0.250. The van der Waals surface area contributed by atoms with Crippen molar-refractivity contribution in [2.24, 2.45) is 10.7 Å². The van der Waals surface area contributed by atoms with E-state index in [9.17, 15) is 0 Å². The summed E-state index contributed by atoms with van der Waals surface area (Å²) in [6.07, 6.45) is 0.737. The number of furan rings is 1. The van der Waals surface area contributed by atoms with Crippen LogP contribution in [0.2, 0.25) is 0 Å². The molecule has 0 atom stereocenters. The smallest absolute Gasteiger partial charge is 0.188 e. The quantitative estimate of drug-likeness (QED) is 0.504. The lowest BCUT2D eigenvalue weighted by Crippen LogP contribution is -2.33. The number of nitrogens with two attached hydrogens (primary N) is 1. The first-order chi connectivity index (χ1) is 12.7. The molecule has 0 bridgehead atoms. The van der Waals surface area contributed by atoms with Gasteiger partial charge in [-0.25, -0.2) is 4.99 Å². The number of benzene rings is 2. The average molecular weight is 353 g/mol. The van der Waals surface area contributed by atoms with Crippen LogP contribution in [0, 0.1) is 0 Å². The summed E-state index contributed by atoms with van der Waals surface area (Å²) in [5.74, 6) is 2.69. The van der Waals surface area contributed by atoms with Crippen molar-refractivity contribution in [1.29, 1.82) is 0 Å². The summed E-state index contributed by atoms with van der Waals surface area (Å²) in [5, 5.41) is 4.22. The van der Waals surface area contributed by atoms with Gasteiger partial charge in [0.1, 0.15) is 11.3 Å². The Bertz CT molecular complexity index is 869. The average Bonchev–Trinajstić information content (AvgIpc) is 3.08. The van der Waals surface area contributed by atoms with Gasteiger partial charge in [-0.3, -0.25) is 0 Å². The summed E-state index contributed by atoms with van der Waals surface area (Å²) in [6, 6.07) is 15.7. The number of hydrogen-bond acceptors (Lipinski definition) is 4. The van der Waals surface area contributed by atoms with E-state index in [-0.39, 0.29) is 0 Å². The van der Waals surface area contributed by atoms with Gasteiger partial charge in [0, 0.05) is 18.4 Å². The van der Waals surface area contributed by atoms with E-state index in [0.29, 0.717) is 30.5 Å². The van der Waals surface area contributed by atoms with E-state index in [1.165, 1.54) is 0 Å². The molecule has 0 fully saturated rings. The first-order valence-electron chi connectivity index (χ1n) is 8.41. The first-order valence-corrected chi connectivity index (χ1v) is 8.41. The number of rotatable bonds is 7. The number of para-hydroxylation sites is 1. The van der Waals surface area contributed by atoms with E-state index in [1.807, 2.05) is 48.5 Å². The normalized spacial score (nSPS) is 11.5. The standard InChI is InChI=1S/C20H23N3O3/c1-24-18-8-7-14(11-19(18)25-2)13-23-20(21)22-10-9-16-12-15-5-3-4-6-17(15)26-16/h3-8,11-12H,9-10,13H2,1-2H3,(H3,21,22,23). The van der Waals surface area contributed by atoms with E-state index in [2.05, 4.69) is 10.3 Å². The summed E-state index contributed by atoms with van der Waals surface area (Å²) in [4.78, 5) is 4.36. The molecular weight excluding hydrogens is 330 g/mol. The van der Waals surface area contributed by atoms with Crippen LogP contribution in [0.1, 0.15) is 11.3 Å². The van der Waals surface area contributed by atoms with Crippen molar-refractivity contribution < 1.29 is 13.9 Å². The van der Waals surface area contributed by atoms with Crippen LogP contribution in [0.15, 0.2) is 57.9 Å². The minimum Gasteiger partial charge on any atom is -0.493 e. The maximum absolute atomic E-state index is 5.94. The van der Waals surface area contributed by atoms with Crippen molar-refractivity contribution >= 4 is 16.9 Å². The van der Waals surface area contributed by atoms with Gasteiger partial charge in [-0.1, -0.05) is 24.3 Å². The number of fused-ring (bicyclic) bond motifs is 1. The third-order valence-electron chi connectivity index (χ3n) is 4.03. The molecule has 0 aliphatic rings.